The van der Waals surface area contributed by atoms with Gasteiger partial charge in [0.2, 0.25) is 17.6 Å². The van der Waals surface area contributed by atoms with Crippen molar-refractivity contribution >= 4 is 40.9 Å². The number of likely N-dealkylation sites (tertiary alicyclic amines) is 1. The molecule has 198 valence electrons. The van der Waals surface area contributed by atoms with E-state index in [4.69, 9.17) is 27.7 Å². The molecule has 0 atom stereocenters. The number of amides is 1. The van der Waals surface area contributed by atoms with Crippen molar-refractivity contribution in [2.75, 3.05) is 25.4 Å². The number of piperidine rings is 1. The summed E-state index contributed by atoms with van der Waals surface area (Å²) in [5.41, 5.74) is 3.39. The van der Waals surface area contributed by atoms with E-state index in [1.807, 2.05) is 24.3 Å². The van der Waals surface area contributed by atoms with Gasteiger partial charge in [-0.1, -0.05) is 79.5 Å². The standard InChI is InChI=1S/C28H34Cl2N4O2S/c1-28(2,3)22-7-4-19(5-8-22)26-32-25(36-33-26)17-34-13-10-20(11-14-34)27(35)31-12-15-37-18-21-6-9-23(29)16-24(21)30/h4-9,16,20H,10-15,17-18H2,1-3H3,(H,31,35). The monoisotopic (exact) mass is 560 g/mol. The Bertz CT molecular complexity index is 1190. The van der Waals surface area contributed by atoms with Crippen molar-refractivity contribution in [3.8, 4) is 11.4 Å². The maximum atomic E-state index is 12.6. The molecule has 1 amide bonds. The van der Waals surface area contributed by atoms with Crippen LogP contribution in [-0.4, -0.2) is 46.3 Å². The number of rotatable bonds is 9. The van der Waals surface area contributed by atoms with Crippen molar-refractivity contribution in [2.45, 2.75) is 51.3 Å². The molecule has 37 heavy (non-hydrogen) atoms. The summed E-state index contributed by atoms with van der Waals surface area (Å²) in [6.45, 7) is 9.51. The zero-order valence-corrected chi connectivity index (χ0v) is 23.9. The molecule has 4 rings (SSSR count). The Morgan fingerprint density at radius 2 is 1.86 bits per heavy atom. The van der Waals surface area contributed by atoms with Crippen LogP contribution < -0.4 is 5.32 Å². The zero-order chi connectivity index (χ0) is 26.4. The van der Waals surface area contributed by atoms with Gasteiger partial charge in [-0.15, -0.1) is 0 Å². The number of nitrogens with zero attached hydrogens (tertiary/aromatic N) is 3. The first-order valence-electron chi connectivity index (χ1n) is 12.6. The molecule has 3 aromatic rings. The molecule has 0 bridgehead atoms. The van der Waals surface area contributed by atoms with Crippen molar-refractivity contribution in [2.24, 2.45) is 5.92 Å². The molecule has 2 heterocycles. The van der Waals surface area contributed by atoms with Gasteiger partial charge in [0.1, 0.15) is 0 Å². The Hall–Kier alpha value is -2.06. The number of aromatic nitrogens is 2. The third-order valence-corrected chi connectivity index (χ3v) is 8.21. The van der Waals surface area contributed by atoms with Crippen molar-refractivity contribution in [1.82, 2.24) is 20.4 Å². The number of halogens is 2. The molecule has 2 aromatic carbocycles. The second-order valence-electron chi connectivity index (χ2n) is 10.5. The van der Waals surface area contributed by atoms with Crippen LogP contribution in [-0.2, 0) is 22.5 Å². The van der Waals surface area contributed by atoms with E-state index >= 15 is 0 Å². The average molecular weight is 562 g/mol. The lowest BCUT2D eigenvalue weighted by atomic mass is 9.87. The Kier molecular flexibility index (Phi) is 9.57. The summed E-state index contributed by atoms with van der Waals surface area (Å²) in [7, 11) is 0. The van der Waals surface area contributed by atoms with Gasteiger partial charge in [-0.2, -0.15) is 16.7 Å². The Morgan fingerprint density at radius 3 is 2.54 bits per heavy atom. The SMILES string of the molecule is CC(C)(C)c1ccc(-c2noc(CN3CCC(C(=O)NCCSCc4ccc(Cl)cc4Cl)CC3)n2)cc1. The highest BCUT2D eigenvalue weighted by molar-refractivity contribution is 7.98. The third-order valence-electron chi connectivity index (χ3n) is 6.61. The number of nitrogens with one attached hydrogen (secondary N) is 1. The molecule has 0 radical (unpaired) electrons. The molecule has 9 heteroatoms. The Labute approximate surface area is 233 Å². The van der Waals surface area contributed by atoms with Crippen LogP contribution in [0.3, 0.4) is 0 Å². The van der Waals surface area contributed by atoms with Gasteiger partial charge in [-0.05, 0) is 54.6 Å². The second-order valence-corrected chi connectivity index (χ2v) is 12.4. The van der Waals surface area contributed by atoms with Crippen LogP contribution in [0.25, 0.3) is 11.4 Å². The van der Waals surface area contributed by atoms with E-state index in [9.17, 15) is 4.79 Å². The quantitative estimate of drug-likeness (QED) is 0.297. The van der Waals surface area contributed by atoms with E-state index in [1.54, 1.807) is 17.8 Å². The van der Waals surface area contributed by atoms with Gasteiger partial charge >= 0.3 is 0 Å². The van der Waals surface area contributed by atoms with E-state index in [2.05, 4.69) is 53.3 Å². The van der Waals surface area contributed by atoms with Crippen molar-refractivity contribution in [1.29, 1.82) is 0 Å². The molecule has 1 aliphatic heterocycles. The first-order chi connectivity index (χ1) is 17.7. The van der Waals surface area contributed by atoms with Crippen LogP contribution in [0.5, 0.6) is 0 Å². The molecule has 1 saturated heterocycles. The van der Waals surface area contributed by atoms with Crippen molar-refractivity contribution in [3.63, 3.8) is 0 Å². The summed E-state index contributed by atoms with van der Waals surface area (Å²) >= 11 is 13.9. The zero-order valence-electron chi connectivity index (χ0n) is 21.6. The fourth-order valence-corrected chi connectivity index (χ4v) is 5.73. The summed E-state index contributed by atoms with van der Waals surface area (Å²) in [5.74, 6) is 3.04. The molecule has 1 aromatic heterocycles. The summed E-state index contributed by atoms with van der Waals surface area (Å²) in [5, 5.41) is 8.58. The van der Waals surface area contributed by atoms with Crippen LogP contribution in [0.2, 0.25) is 10.0 Å². The number of carbonyl (C=O) groups excluding carboxylic acids is 1. The number of carbonyl (C=O) groups is 1. The van der Waals surface area contributed by atoms with Gasteiger partial charge in [-0.3, -0.25) is 9.69 Å². The van der Waals surface area contributed by atoms with Crippen LogP contribution in [0, 0.1) is 5.92 Å². The average Bonchev–Trinajstić information content (AvgIpc) is 3.33. The summed E-state index contributed by atoms with van der Waals surface area (Å²) in [6, 6.07) is 13.9. The maximum Gasteiger partial charge on any atom is 0.241 e. The maximum absolute atomic E-state index is 12.6. The third kappa shape index (κ3) is 7.96. The molecule has 6 nitrogen and oxygen atoms in total. The first kappa shape index (κ1) is 28.0. The lowest BCUT2D eigenvalue weighted by molar-refractivity contribution is -0.126. The lowest BCUT2D eigenvalue weighted by Gasteiger charge is -2.30. The number of hydrogen-bond acceptors (Lipinski definition) is 6. The first-order valence-corrected chi connectivity index (χ1v) is 14.6. The van der Waals surface area contributed by atoms with Gasteiger partial charge in [0.15, 0.2) is 0 Å². The topological polar surface area (TPSA) is 71.3 Å². The van der Waals surface area contributed by atoms with Crippen LogP contribution in [0.4, 0.5) is 0 Å². The summed E-state index contributed by atoms with van der Waals surface area (Å²) in [4.78, 5) is 19.5. The van der Waals surface area contributed by atoms with E-state index in [1.165, 1.54) is 5.56 Å². The van der Waals surface area contributed by atoms with Gasteiger partial charge in [0, 0.05) is 39.6 Å². The normalized spacial score (nSPS) is 15.2. The van der Waals surface area contributed by atoms with Crippen LogP contribution in [0.15, 0.2) is 47.0 Å². The highest BCUT2D eigenvalue weighted by Crippen LogP contribution is 2.26. The lowest BCUT2D eigenvalue weighted by Crippen LogP contribution is -2.40. The largest absolute Gasteiger partial charge is 0.355 e. The Morgan fingerprint density at radius 1 is 1.14 bits per heavy atom. The van der Waals surface area contributed by atoms with E-state index in [-0.39, 0.29) is 17.2 Å². The molecule has 0 unspecified atom stereocenters. The smallest absolute Gasteiger partial charge is 0.241 e. The minimum absolute atomic E-state index is 0.0477. The van der Waals surface area contributed by atoms with Crippen LogP contribution in [0.1, 0.15) is 50.6 Å². The predicted octanol–water partition coefficient (Wildman–Crippen LogP) is 6.60. The number of hydrogen-bond donors (Lipinski definition) is 1. The molecule has 0 saturated carbocycles. The second kappa shape index (κ2) is 12.7. The van der Waals surface area contributed by atoms with E-state index < -0.39 is 0 Å². The van der Waals surface area contributed by atoms with Crippen molar-refractivity contribution < 1.29 is 9.32 Å². The molecule has 1 aliphatic rings. The molecule has 0 spiro atoms. The fourth-order valence-electron chi connectivity index (χ4n) is 4.31. The molecular formula is C28H34Cl2N4O2S. The van der Waals surface area contributed by atoms with E-state index in [0.717, 1.165) is 48.6 Å². The Balaban J connectivity index is 1.16. The van der Waals surface area contributed by atoms with Gasteiger partial charge in [-0.25, -0.2) is 0 Å². The van der Waals surface area contributed by atoms with Gasteiger partial charge in [0.25, 0.3) is 0 Å². The molecule has 1 fully saturated rings. The predicted molar refractivity (Wildman–Crippen MR) is 152 cm³/mol. The van der Waals surface area contributed by atoms with Gasteiger partial charge < -0.3 is 9.84 Å². The molecular weight excluding hydrogens is 527 g/mol. The minimum atomic E-state index is 0.0477. The molecule has 1 N–H and O–H groups in total. The highest BCUT2D eigenvalue weighted by atomic mass is 35.5. The van der Waals surface area contributed by atoms with Crippen molar-refractivity contribution in [3.05, 3.63) is 69.5 Å². The highest BCUT2D eigenvalue weighted by Gasteiger charge is 2.26. The summed E-state index contributed by atoms with van der Waals surface area (Å²) < 4.78 is 5.52. The van der Waals surface area contributed by atoms with Gasteiger partial charge in [0.05, 0.1) is 6.54 Å². The number of thioether (sulfide) groups is 1. The fraction of sp³-hybridized carbons (Fsp3) is 0.464. The summed E-state index contributed by atoms with van der Waals surface area (Å²) in [6.07, 6.45) is 1.66. The van der Waals surface area contributed by atoms with E-state index in [0.29, 0.717) is 34.8 Å². The van der Waals surface area contributed by atoms with Crippen LogP contribution >= 0.6 is 35.0 Å². The number of benzene rings is 2. The molecule has 0 aliphatic carbocycles. The minimum Gasteiger partial charge on any atom is -0.355 e.